The minimum atomic E-state index is 0.462. The van der Waals surface area contributed by atoms with Crippen LogP contribution < -0.4 is 10.5 Å². The molecule has 0 saturated heterocycles. The maximum absolute atomic E-state index is 5.81. The maximum atomic E-state index is 5.81. The summed E-state index contributed by atoms with van der Waals surface area (Å²) in [5.74, 6) is 0.600. The summed E-state index contributed by atoms with van der Waals surface area (Å²) >= 11 is 0. The van der Waals surface area contributed by atoms with Gasteiger partial charge in [0.2, 0.25) is 0 Å². The molecule has 2 aromatic heterocycles. The lowest BCUT2D eigenvalue weighted by molar-refractivity contribution is 0.418. The van der Waals surface area contributed by atoms with Crippen LogP contribution in [0.25, 0.3) is 11.3 Å². The van der Waals surface area contributed by atoms with E-state index in [2.05, 4.69) is 15.2 Å². The number of ether oxygens (including phenoxy) is 1. The second kappa shape index (κ2) is 3.73. The fraction of sp³-hybridized carbons (Fsp3) is 0.364. The number of aromatic nitrogens is 4. The normalized spacial score (nSPS) is 14.9. The molecule has 1 aliphatic rings. The molecule has 2 N–H and O–H groups in total. The van der Waals surface area contributed by atoms with Gasteiger partial charge in [-0.2, -0.15) is 15.0 Å². The van der Waals surface area contributed by atoms with Gasteiger partial charge in [0, 0.05) is 6.20 Å². The van der Waals surface area contributed by atoms with Crippen LogP contribution in [0.4, 0.5) is 5.69 Å². The molecule has 17 heavy (non-hydrogen) atoms. The highest BCUT2D eigenvalue weighted by molar-refractivity contribution is 5.72. The van der Waals surface area contributed by atoms with Gasteiger partial charge in [-0.1, -0.05) is 0 Å². The molecule has 3 rings (SSSR count). The van der Waals surface area contributed by atoms with Crippen LogP contribution in [-0.2, 0) is 0 Å². The van der Waals surface area contributed by atoms with Gasteiger partial charge in [0.25, 0.3) is 0 Å². The number of hydrogen-bond acceptors (Lipinski definition) is 5. The van der Waals surface area contributed by atoms with Gasteiger partial charge in [0.15, 0.2) is 5.75 Å². The fourth-order valence-electron chi connectivity index (χ4n) is 1.76. The second-order valence-electron chi connectivity index (χ2n) is 4.09. The molecule has 0 bridgehead atoms. The third kappa shape index (κ3) is 1.71. The van der Waals surface area contributed by atoms with Gasteiger partial charge >= 0.3 is 0 Å². The fourth-order valence-corrected chi connectivity index (χ4v) is 1.76. The van der Waals surface area contributed by atoms with Crippen molar-refractivity contribution in [3.8, 4) is 17.0 Å². The van der Waals surface area contributed by atoms with Crippen molar-refractivity contribution < 1.29 is 4.74 Å². The Morgan fingerprint density at radius 3 is 2.88 bits per heavy atom. The number of methoxy groups -OCH3 is 1. The molecular weight excluding hydrogens is 218 g/mol. The summed E-state index contributed by atoms with van der Waals surface area (Å²) in [5.41, 5.74) is 7.83. The van der Waals surface area contributed by atoms with Crippen molar-refractivity contribution in [1.29, 1.82) is 0 Å². The summed E-state index contributed by atoms with van der Waals surface area (Å²) in [4.78, 5) is 5.80. The highest BCUT2D eigenvalue weighted by Gasteiger charge is 2.26. The topological polar surface area (TPSA) is 78.9 Å². The van der Waals surface area contributed by atoms with Gasteiger partial charge in [0.05, 0.1) is 36.8 Å². The number of rotatable bonds is 3. The van der Waals surface area contributed by atoms with E-state index in [9.17, 15) is 0 Å². The number of pyridine rings is 1. The van der Waals surface area contributed by atoms with Crippen LogP contribution in [0.2, 0.25) is 0 Å². The zero-order chi connectivity index (χ0) is 11.8. The molecule has 0 amide bonds. The zero-order valence-electron chi connectivity index (χ0n) is 9.50. The standard InChI is InChI=1S/C11H13N5O/c1-17-11-8(4-13-5-9(11)12)10-6-14-16(15-10)7-2-3-7/h4-7H,2-3,12H2,1H3. The molecule has 1 fully saturated rings. The Balaban J connectivity index is 2.04. The SMILES string of the molecule is COc1c(N)cncc1-c1cnn(C2CC2)n1. The first-order valence-corrected chi connectivity index (χ1v) is 5.49. The molecule has 6 nitrogen and oxygen atoms in total. The summed E-state index contributed by atoms with van der Waals surface area (Å²) < 4.78 is 5.27. The largest absolute Gasteiger partial charge is 0.494 e. The Bertz CT molecular complexity index is 547. The monoisotopic (exact) mass is 231 g/mol. The summed E-state index contributed by atoms with van der Waals surface area (Å²) in [5, 5.41) is 8.66. The van der Waals surface area contributed by atoms with Crippen molar-refractivity contribution >= 4 is 5.69 Å². The van der Waals surface area contributed by atoms with Crippen molar-refractivity contribution in [2.45, 2.75) is 18.9 Å². The lowest BCUT2D eigenvalue weighted by Crippen LogP contribution is -1.99. The minimum Gasteiger partial charge on any atom is -0.494 e. The minimum absolute atomic E-state index is 0.462. The molecule has 2 heterocycles. The predicted octanol–water partition coefficient (Wildman–Crippen LogP) is 1.27. The van der Waals surface area contributed by atoms with E-state index in [1.807, 2.05) is 0 Å². The van der Waals surface area contributed by atoms with Gasteiger partial charge in [-0.05, 0) is 12.8 Å². The van der Waals surface area contributed by atoms with Crippen LogP contribution in [0.15, 0.2) is 18.6 Å². The summed E-state index contributed by atoms with van der Waals surface area (Å²) in [7, 11) is 1.58. The Kier molecular flexibility index (Phi) is 2.21. The van der Waals surface area contributed by atoms with E-state index < -0.39 is 0 Å². The first-order valence-electron chi connectivity index (χ1n) is 5.49. The molecule has 88 valence electrons. The van der Waals surface area contributed by atoms with E-state index in [1.165, 1.54) is 0 Å². The molecule has 0 unspecified atom stereocenters. The third-order valence-corrected chi connectivity index (χ3v) is 2.79. The van der Waals surface area contributed by atoms with E-state index in [4.69, 9.17) is 10.5 Å². The highest BCUT2D eigenvalue weighted by atomic mass is 16.5. The predicted molar refractivity (Wildman–Crippen MR) is 62.5 cm³/mol. The molecule has 6 heteroatoms. The van der Waals surface area contributed by atoms with Gasteiger partial charge in [-0.15, -0.1) is 0 Å². The van der Waals surface area contributed by atoms with Crippen molar-refractivity contribution in [3.05, 3.63) is 18.6 Å². The summed E-state index contributed by atoms with van der Waals surface area (Å²) in [6.07, 6.45) is 7.28. The Hall–Kier alpha value is -2.11. The lowest BCUT2D eigenvalue weighted by Gasteiger charge is -2.07. The van der Waals surface area contributed by atoms with E-state index in [0.717, 1.165) is 24.1 Å². The van der Waals surface area contributed by atoms with Crippen LogP contribution >= 0.6 is 0 Å². The van der Waals surface area contributed by atoms with Crippen molar-refractivity contribution in [2.75, 3.05) is 12.8 Å². The second-order valence-corrected chi connectivity index (χ2v) is 4.09. The van der Waals surface area contributed by atoms with Crippen LogP contribution in [0.5, 0.6) is 5.75 Å². The molecule has 0 spiro atoms. The molecule has 2 aromatic rings. The van der Waals surface area contributed by atoms with E-state index >= 15 is 0 Å². The molecule has 1 saturated carbocycles. The molecule has 1 aliphatic carbocycles. The van der Waals surface area contributed by atoms with Crippen LogP contribution in [0, 0.1) is 0 Å². The Morgan fingerprint density at radius 2 is 2.18 bits per heavy atom. The van der Waals surface area contributed by atoms with Gasteiger partial charge in [0.1, 0.15) is 5.69 Å². The van der Waals surface area contributed by atoms with Crippen LogP contribution in [0.1, 0.15) is 18.9 Å². The van der Waals surface area contributed by atoms with E-state index in [1.54, 1.807) is 30.5 Å². The van der Waals surface area contributed by atoms with Crippen LogP contribution in [-0.4, -0.2) is 27.1 Å². The molecule has 0 aromatic carbocycles. The number of hydrogen-bond donors (Lipinski definition) is 1. The van der Waals surface area contributed by atoms with Gasteiger partial charge in [-0.3, -0.25) is 4.98 Å². The average Bonchev–Trinajstić information content (AvgIpc) is 3.07. The number of nitrogens with two attached hydrogens (primary N) is 1. The quantitative estimate of drug-likeness (QED) is 0.860. The van der Waals surface area contributed by atoms with Crippen LogP contribution in [0.3, 0.4) is 0 Å². The van der Waals surface area contributed by atoms with E-state index in [-0.39, 0.29) is 0 Å². The highest BCUT2D eigenvalue weighted by Crippen LogP contribution is 2.36. The maximum Gasteiger partial charge on any atom is 0.154 e. The lowest BCUT2D eigenvalue weighted by atomic mass is 10.2. The number of nitrogen functional groups attached to an aromatic ring is 1. The first kappa shape index (κ1) is 10.1. The van der Waals surface area contributed by atoms with Gasteiger partial charge < -0.3 is 10.5 Å². The Labute approximate surface area is 98.4 Å². The smallest absolute Gasteiger partial charge is 0.154 e. The Morgan fingerprint density at radius 1 is 1.35 bits per heavy atom. The molecule has 0 radical (unpaired) electrons. The number of anilines is 1. The zero-order valence-corrected chi connectivity index (χ0v) is 9.50. The number of nitrogens with zero attached hydrogens (tertiary/aromatic N) is 4. The first-order chi connectivity index (χ1) is 8.29. The average molecular weight is 231 g/mol. The molecular formula is C11H13N5O. The summed E-state index contributed by atoms with van der Waals surface area (Å²) in [6, 6.07) is 0.462. The molecule has 0 aliphatic heterocycles. The molecule has 0 atom stereocenters. The van der Waals surface area contributed by atoms with Crippen molar-refractivity contribution in [1.82, 2.24) is 20.0 Å². The van der Waals surface area contributed by atoms with Crippen molar-refractivity contribution in [2.24, 2.45) is 0 Å². The van der Waals surface area contributed by atoms with E-state index in [0.29, 0.717) is 17.5 Å². The van der Waals surface area contributed by atoms with Crippen molar-refractivity contribution in [3.63, 3.8) is 0 Å². The third-order valence-electron chi connectivity index (χ3n) is 2.79. The van der Waals surface area contributed by atoms with Gasteiger partial charge in [-0.25, -0.2) is 0 Å². The summed E-state index contributed by atoms with van der Waals surface area (Å²) in [6.45, 7) is 0.